The molecule has 0 aliphatic carbocycles. The number of rotatable bonds is 4. The van der Waals surface area contributed by atoms with Crippen LogP contribution in [0.1, 0.15) is 10.5 Å². The third kappa shape index (κ3) is 3.61. The predicted molar refractivity (Wildman–Crippen MR) is 102 cm³/mol. The normalized spacial score (nSPS) is 10.7. The zero-order valence-corrected chi connectivity index (χ0v) is 15.1. The molecular formula is C19H14FN5OS. The number of nitrogens with zero attached hydrogens (tertiary/aromatic N) is 4. The molecule has 0 spiro atoms. The van der Waals surface area contributed by atoms with Gasteiger partial charge in [0.2, 0.25) is 0 Å². The molecule has 27 heavy (non-hydrogen) atoms. The molecule has 0 saturated carbocycles. The SMILES string of the molecule is Cn1nc(-c2ccc(F)cc2)cc1C(=O)Nc1nc(-c2cccnc2)cs1. The van der Waals surface area contributed by atoms with Gasteiger partial charge in [-0.2, -0.15) is 5.10 Å². The van der Waals surface area contributed by atoms with Crippen LogP contribution < -0.4 is 5.32 Å². The molecule has 0 saturated heterocycles. The van der Waals surface area contributed by atoms with E-state index in [2.05, 4.69) is 20.4 Å². The van der Waals surface area contributed by atoms with E-state index in [1.54, 1.807) is 37.6 Å². The van der Waals surface area contributed by atoms with Crippen molar-refractivity contribution in [2.75, 3.05) is 5.32 Å². The number of aryl methyl sites for hydroxylation is 1. The Morgan fingerprint density at radius 3 is 2.70 bits per heavy atom. The van der Waals surface area contributed by atoms with Crippen LogP contribution in [-0.2, 0) is 7.05 Å². The molecule has 0 bridgehead atoms. The van der Waals surface area contributed by atoms with E-state index in [4.69, 9.17) is 0 Å². The van der Waals surface area contributed by atoms with Gasteiger partial charge in [-0.15, -0.1) is 11.3 Å². The Morgan fingerprint density at radius 1 is 1.15 bits per heavy atom. The summed E-state index contributed by atoms with van der Waals surface area (Å²) in [6.07, 6.45) is 3.41. The first kappa shape index (κ1) is 17.0. The molecule has 4 aromatic rings. The Balaban J connectivity index is 1.54. The fourth-order valence-electron chi connectivity index (χ4n) is 2.58. The summed E-state index contributed by atoms with van der Waals surface area (Å²) in [7, 11) is 1.69. The summed E-state index contributed by atoms with van der Waals surface area (Å²) in [6.45, 7) is 0. The van der Waals surface area contributed by atoms with E-state index in [1.807, 2.05) is 17.5 Å². The first-order chi connectivity index (χ1) is 13.1. The molecule has 3 heterocycles. The molecule has 1 aromatic carbocycles. The fourth-order valence-corrected chi connectivity index (χ4v) is 3.30. The highest BCUT2D eigenvalue weighted by atomic mass is 32.1. The van der Waals surface area contributed by atoms with Gasteiger partial charge in [-0.3, -0.25) is 19.8 Å². The highest BCUT2D eigenvalue weighted by Gasteiger charge is 2.16. The Morgan fingerprint density at radius 2 is 1.96 bits per heavy atom. The molecule has 1 amide bonds. The minimum absolute atomic E-state index is 0.314. The van der Waals surface area contributed by atoms with E-state index >= 15 is 0 Å². The molecule has 8 heteroatoms. The number of pyridine rings is 1. The summed E-state index contributed by atoms with van der Waals surface area (Å²) in [5.41, 5.74) is 3.35. The van der Waals surface area contributed by atoms with Crippen molar-refractivity contribution in [3.63, 3.8) is 0 Å². The van der Waals surface area contributed by atoms with Crippen molar-refractivity contribution in [3.05, 3.63) is 71.7 Å². The monoisotopic (exact) mass is 379 g/mol. The van der Waals surface area contributed by atoms with Crippen molar-refractivity contribution in [2.45, 2.75) is 0 Å². The number of thiazole rings is 1. The smallest absolute Gasteiger partial charge is 0.275 e. The van der Waals surface area contributed by atoms with Crippen LogP contribution in [-0.4, -0.2) is 25.7 Å². The predicted octanol–water partition coefficient (Wildman–Crippen LogP) is 4.00. The minimum atomic E-state index is -0.319. The lowest BCUT2D eigenvalue weighted by atomic mass is 10.1. The molecule has 0 atom stereocenters. The van der Waals surface area contributed by atoms with Crippen molar-refractivity contribution in [1.29, 1.82) is 0 Å². The molecule has 6 nitrogen and oxygen atoms in total. The molecule has 1 N–H and O–H groups in total. The van der Waals surface area contributed by atoms with Crippen LogP contribution in [0.5, 0.6) is 0 Å². The molecule has 0 aliphatic rings. The van der Waals surface area contributed by atoms with E-state index in [0.29, 0.717) is 16.5 Å². The first-order valence-corrected chi connectivity index (χ1v) is 8.95. The van der Waals surface area contributed by atoms with E-state index in [-0.39, 0.29) is 11.7 Å². The highest BCUT2D eigenvalue weighted by Crippen LogP contribution is 2.25. The van der Waals surface area contributed by atoms with Crippen LogP contribution >= 0.6 is 11.3 Å². The number of hydrogen-bond donors (Lipinski definition) is 1. The van der Waals surface area contributed by atoms with Gasteiger partial charge in [0.05, 0.1) is 11.4 Å². The summed E-state index contributed by atoms with van der Waals surface area (Å²) in [5.74, 6) is -0.633. The summed E-state index contributed by atoms with van der Waals surface area (Å²) in [5, 5.41) is 9.47. The first-order valence-electron chi connectivity index (χ1n) is 8.07. The van der Waals surface area contributed by atoms with Gasteiger partial charge in [-0.25, -0.2) is 9.37 Å². The van der Waals surface area contributed by atoms with Crippen LogP contribution in [0.3, 0.4) is 0 Å². The summed E-state index contributed by atoms with van der Waals surface area (Å²) in [4.78, 5) is 21.1. The van der Waals surface area contributed by atoms with E-state index in [9.17, 15) is 9.18 Å². The number of aromatic nitrogens is 4. The number of carbonyl (C=O) groups excluding carboxylic acids is 1. The average molecular weight is 379 g/mol. The number of benzene rings is 1. The van der Waals surface area contributed by atoms with E-state index in [0.717, 1.165) is 16.8 Å². The van der Waals surface area contributed by atoms with Crippen molar-refractivity contribution >= 4 is 22.4 Å². The van der Waals surface area contributed by atoms with Crippen LogP contribution in [0, 0.1) is 5.82 Å². The fraction of sp³-hybridized carbons (Fsp3) is 0.0526. The second kappa shape index (κ2) is 7.08. The van der Waals surface area contributed by atoms with Crippen molar-refractivity contribution in [1.82, 2.24) is 19.7 Å². The van der Waals surface area contributed by atoms with Gasteiger partial charge in [-0.1, -0.05) is 0 Å². The molecule has 0 unspecified atom stereocenters. The molecule has 0 aliphatic heterocycles. The molecule has 0 fully saturated rings. The molecule has 0 radical (unpaired) electrons. The lowest BCUT2D eigenvalue weighted by molar-refractivity contribution is 0.101. The van der Waals surface area contributed by atoms with Gasteiger partial charge < -0.3 is 0 Å². The van der Waals surface area contributed by atoms with Gasteiger partial charge >= 0.3 is 0 Å². The highest BCUT2D eigenvalue weighted by molar-refractivity contribution is 7.14. The number of nitrogens with one attached hydrogen (secondary N) is 1. The maximum absolute atomic E-state index is 13.1. The zero-order chi connectivity index (χ0) is 18.8. The lowest BCUT2D eigenvalue weighted by Gasteiger charge is -2.01. The maximum Gasteiger partial charge on any atom is 0.275 e. The van der Waals surface area contributed by atoms with Crippen LogP contribution in [0.4, 0.5) is 9.52 Å². The van der Waals surface area contributed by atoms with Crippen LogP contribution in [0.25, 0.3) is 22.5 Å². The molecule has 3 aromatic heterocycles. The number of carbonyl (C=O) groups is 1. The Hall–Kier alpha value is -3.39. The quantitative estimate of drug-likeness (QED) is 0.582. The van der Waals surface area contributed by atoms with Gasteiger partial charge in [0, 0.05) is 35.9 Å². The number of hydrogen-bond acceptors (Lipinski definition) is 5. The van der Waals surface area contributed by atoms with Crippen molar-refractivity contribution < 1.29 is 9.18 Å². The Labute approximate surface area is 158 Å². The molecular weight excluding hydrogens is 365 g/mol. The second-order valence-corrected chi connectivity index (χ2v) is 6.64. The third-order valence-corrected chi connectivity index (χ3v) is 4.69. The Kier molecular flexibility index (Phi) is 4.47. The van der Waals surface area contributed by atoms with Gasteiger partial charge in [0.15, 0.2) is 5.13 Å². The van der Waals surface area contributed by atoms with E-state index < -0.39 is 0 Å². The lowest BCUT2D eigenvalue weighted by Crippen LogP contribution is -2.15. The van der Waals surface area contributed by atoms with Gasteiger partial charge in [0.25, 0.3) is 5.91 Å². The summed E-state index contributed by atoms with van der Waals surface area (Å²) >= 11 is 1.34. The van der Waals surface area contributed by atoms with Crippen LogP contribution in [0.15, 0.2) is 60.2 Å². The molecule has 134 valence electrons. The van der Waals surface area contributed by atoms with Crippen LogP contribution in [0.2, 0.25) is 0 Å². The standard InChI is InChI=1S/C19H14FN5OS/c1-25-17(9-15(24-25)12-4-6-14(20)7-5-12)18(26)23-19-22-16(11-27-19)13-3-2-8-21-10-13/h2-11H,1H3,(H,22,23,26). The topological polar surface area (TPSA) is 72.7 Å². The largest absolute Gasteiger partial charge is 0.296 e. The maximum atomic E-state index is 13.1. The average Bonchev–Trinajstić information content (AvgIpc) is 3.30. The van der Waals surface area contributed by atoms with Crippen molar-refractivity contribution in [3.8, 4) is 22.5 Å². The zero-order valence-electron chi connectivity index (χ0n) is 14.3. The number of halogens is 1. The molecule has 4 rings (SSSR count). The van der Waals surface area contributed by atoms with Gasteiger partial charge in [-0.05, 0) is 42.5 Å². The summed E-state index contributed by atoms with van der Waals surface area (Å²) < 4.78 is 14.6. The Bertz CT molecular complexity index is 1090. The number of amides is 1. The summed E-state index contributed by atoms with van der Waals surface area (Å²) in [6, 6.07) is 11.4. The van der Waals surface area contributed by atoms with Crippen molar-refractivity contribution in [2.24, 2.45) is 7.05 Å². The number of anilines is 1. The third-order valence-electron chi connectivity index (χ3n) is 3.93. The second-order valence-electron chi connectivity index (χ2n) is 5.78. The minimum Gasteiger partial charge on any atom is -0.296 e. The van der Waals surface area contributed by atoms with E-state index in [1.165, 1.54) is 28.2 Å². The van der Waals surface area contributed by atoms with Gasteiger partial charge in [0.1, 0.15) is 11.5 Å².